The quantitative estimate of drug-likeness (QED) is 0.637. The zero-order valence-corrected chi connectivity index (χ0v) is 13.9. The Labute approximate surface area is 125 Å². The molecule has 0 bridgehead atoms. The summed E-state index contributed by atoms with van der Waals surface area (Å²) in [5, 5.41) is 0. The summed E-state index contributed by atoms with van der Waals surface area (Å²) < 4.78 is 11.6. The van der Waals surface area contributed by atoms with Crippen molar-refractivity contribution in [3.63, 3.8) is 0 Å². The first kappa shape index (κ1) is 16.3. The first-order valence-corrected chi connectivity index (χ1v) is 8.40. The number of ether oxygens (including phenoxy) is 2. The number of rotatable bonds is 8. The highest BCUT2D eigenvalue weighted by molar-refractivity contribution is 5.05. The molecule has 2 aliphatic rings. The molecule has 118 valence electrons. The van der Waals surface area contributed by atoms with E-state index in [2.05, 4.69) is 32.6 Å². The number of unbranched alkanes of at least 4 members (excludes halogenated alkanes) is 1. The highest BCUT2D eigenvalue weighted by Gasteiger charge is 2.52. The van der Waals surface area contributed by atoms with Crippen LogP contribution in [0.4, 0.5) is 0 Å². The van der Waals surface area contributed by atoms with Gasteiger partial charge in [-0.1, -0.05) is 13.3 Å². The van der Waals surface area contributed by atoms with Gasteiger partial charge in [0, 0.05) is 38.3 Å². The minimum Gasteiger partial charge on any atom is -0.381 e. The van der Waals surface area contributed by atoms with E-state index in [0.717, 1.165) is 13.2 Å². The summed E-state index contributed by atoms with van der Waals surface area (Å²) in [4.78, 5) is 2.58. The van der Waals surface area contributed by atoms with Gasteiger partial charge >= 0.3 is 0 Å². The number of hydrogen-bond donors (Lipinski definition) is 0. The first-order chi connectivity index (χ1) is 9.42. The average molecular weight is 283 g/mol. The molecule has 0 atom stereocenters. The van der Waals surface area contributed by atoms with Crippen molar-refractivity contribution in [3.8, 4) is 0 Å². The van der Waals surface area contributed by atoms with Gasteiger partial charge < -0.3 is 14.4 Å². The van der Waals surface area contributed by atoms with E-state index in [1.165, 1.54) is 51.7 Å². The molecule has 1 saturated heterocycles. The molecule has 1 heterocycles. The predicted octanol–water partition coefficient (Wildman–Crippen LogP) is 3.47. The monoisotopic (exact) mass is 283 g/mol. The van der Waals surface area contributed by atoms with Gasteiger partial charge in [-0.15, -0.1) is 0 Å². The molecule has 2 rings (SSSR count). The Morgan fingerprint density at radius 1 is 1.10 bits per heavy atom. The van der Waals surface area contributed by atoms with Crippen LogP contribution in [0, 0.1) is 5.41 Å². The van der Waals surface area contributed by atoms with Crippen LogP contribution in [-0.2, 0) is 9.47 Å². The van der Waals surface area contributed by atoms with E-state index < -0.39 is 0 Å². The molecule has 1 aliphatic carbocycles. The molecule has 0 aromatic heterocycles. The lowest BCUT2D eigenvalue weighted by atomic mass is 9.61. The van der Waals surface area contributed by atoms with Crippen LogP contribution in [0.3, 0.4) is 0 Å². The zero-order chi connectivity index (χ0) is 14.6. The predicted molar refractivity (Wildman–Crippen MR) is 83.1 cm³/mol. The molecule has 1 saturated carbocycles. The van der Waals surface area contributed by atoms with Crippen LogP contribution < -0.4 is 0 Å². The molecule has 20 heavy (non-hydrogen) atoms. The lowest BCUT2D eigenvalue weighted by Gasteiger charge is -2.59. The Morgan fingerprint density at radius 3 is 2.35 bits per heavy atom. The average Bonchev–Trinajstić information content (AvgIpc) is 2.25. The van der Waals surface area contributed by atoms with Gasteiger partial charge in [0.2, 0.25) is 0 Å². The summed E-state index contributed by atoms with van der Waals surface area (Å²) in [7, 11) is 0. The van der Waals surface area contributed by atoms with Crippen molar-refractivity contribution in [3.05, 3.63) is 0 Å². The van der Waals surface area contributed by atoms with E-state index in [1.807, 2.05) is 0 Å². The second-order valence-electron chi connectivity index (χ2n) is 7.79. The van der Waals surface area contributed by atoms with Gasteiger partial charge in [0.05, 0.1) is 11.7 Å². The van der Waals surface area contributed by atoms with Gasteiger partial charge in [-0.2, -0.15) is 0 Å². The molecule has 0 aromatic carbocycles. The topological polar surface area (TPSA) is 21.7 Å². The first-order valence-electron chi connectivity index (χ1n) is 8.40. The van der Waals surface area contributed by atoms with Crippen molar-refractivity contribution in [2.75, 3.05) is 32.8 Å². The van der Waals surface area contributed by atoms with E-state index in [0.29, 0.717) is 11.5 Å². The minimum absolute atomic E-state index is 0.0194. The molecule has 0 unspecified atom stereocenters. The maximum atomic E-state index is 6.04. The van der Waals surface area contributed by atoms with Crippen molar-refractivity contribution in [2.45, 2.75) is 71.5 Å². The van der Waals surface area contributed by atoms with Gasteiger partial charge in [-0.3, -0.25) is 0 Å². The molecule has 0 N–H and O–H groups in total. The summed E-state index contributed by atoms with van der Waals surface area (Å²) in [6.45, 7) is 14.3. The van der Waals surface area contributed by atoms with Gasteiger partial charge in [0.1, 0.15) is 0 Å². The second-order valence-corrected chi connectivity index (χ2v) is 7.79. The fraction of sp³-hybridized carbons (Fsp3) is 1.00. The summed E-state index contributed by atoms with van der Waals surface area (Å²) in [5.74, 6) is 0. The largest absolute Gasteiger partial charge is 0.381 e. The lowest BCUT2D eigenvalue weighted by molar-refractivity contribution is -0.186. The smallest absolute Gasteiger partial charge is 0.0602 e. The van der Waals surface area contributed by atoms with Gasteiger partial charge in [-0.25, -0.2) is 0 Å². The summed E-state index contributed by atoms with van der Waals surface area (Å²) in [5.41, 5.74) is 0.629. The van der Waals surface area contributed by atoms with Crippen molar-refractivity contribution in [2.24, 2.45) is 5.41 Å². The molecule has 0 amide bonds. The Morgan fingerprint density at radius 2 is 1.75 bits per heavy atom. The fourth-order valence-corrected chi connectivity index (χ4v) is 3.55. The summed E-state index contributed by atoms with van der Waals surface area (Å²) in [6, 6.07) is 0. The Hall–Kier alpha value is -0.120. The second kappa shape index (κ2) is 6.76. The van der Waals surface area contributed by atoms with Gasteiger partial charge in [0.15, 0.2) is 0 Å². The Kier molecular flexibility index (Phi) is 5.49. The van der Waals surface area contributed by atoms with Crippen LogP contribution in [0.1, 0.15) is 59.8 Å². The minimum atomic E-state index is 0.0194. The van der Waals surface area contributed by atoms with E-state index in [-0.39, 0.29) is 5.60 Å². The van der Waals surface area contributed by atoms with Crippen LogP contribution in [0.15, 0.2) is 0 Å². The van der Waals surface area contributed by atoms with E-state index in [1.54, 1.807) is 0 Å². The van der Waals surface area contributed by atoms with Crippen molar-refractivity contribution in [1.29, 1.82) is 0 Å². The summed E-state index contributed by atoms with van der Waals surface area (Å²) in [6.07, 6.45) is 6.66. The van der Waals surface area contributed by atoms with Crippen LogP contribution in [-0.4, -0.2) is 49.5 Å². The van der Waals surface area contributed by atoms with Crippen LogP contribution in [0.2, 0.25) is 0 Å². The third-order valence-electron chi connectivity index (χ3n) is 4.36. The lowest BCUT2D eigenvalue weighted by Crippen LogP contribution is -2.64. The SMILES string of the molecule is CCCCOCCCN1CC2(CC(OC(C)(C)C)C2)C1. The third kappa shape index (κ3) is 4.71. The van der Waals surface area contributed by atoms with E-state index in [4.69, 9.17) is 9.47 Å². The number of likely N-dealkylation sites (tertiary alicyclic amines) is 1. The molecule has 0 aromatic rings. The van der Waals surface area contributed by atoms with Gasteiger partial charge in [0.25, 0.3) is 0 Å². The molecule has 1 spiro atoms. The molecular weight excluding hydrogens is 250 g/mol. The van der Waals surface area contributed by atoms with E-state index in [9.17, 15) is 0 Å². The molecule has 3 nitrogen and oxygen atoms in total. The normalized spacial score (nSPS) is 22.8. The fourth-order valence-electron chi connectivity index (χ4n) is 3.55. The summed E-state index contributed by atoms with van der Waals surface area (Å²) >= 11 is 0. The van der Waals surface area contributed by atoms with Gasteiger partial charge in [-0.05, 0) is 46.5 Å². The van der Waals surface area contributed by atoms with Crippen LogP contribution >= 0.6 is 0 Å². The molecule has 0 radical (unpaired) electrons. The highest BCUT2D eigenvalue weighted by Crippen LogP contribution is 2.50. The Balaban J connectivity index is 1.47. The van der Waals surface area contributed by atoms with Crippen molar-refractivity contribution < 1.29 is 9.47 Å². The van der Waals surface area contributed by atoms with Crippen LogP contribution in [0.5, 0.6) is 0 Å². The molecule has 3 heteroatoms. The van der Waals surface area contributed by atoms with Crippen LogP contribution in [0.25, 0.3) is 0 Å². The zero-order valence-electron chi connectivity index (χ0n) is 13.9. The van der Waals surface area contributed by atoms with E-state index >= 15 is 0 Å². The standard InChI is InChI=1S/C17H33NO2/c1-5-6-9-19-10-7-8-18-13-17(14-18)11-15(12-17)20-16(2,3)4/h15H,5-14H2,1-4H3. The van der Waals surface area contributed by atoms with Crippen molar-refractivity contribution in [1.82, 2.24) is 4.90 Å². The number of hydrogen-bond acceptors (Lipinski definition) is 3. The van der Waals surface area contributed by atoms with Crippen molar-refractivity contribution >= 4 is 0 Å². The maximum Gasteiger partial charge on any atom is 0.0602 e. The Bertz CT molecular complexity index is 284. The third-order valence-corrected chi connectivity index (χ3v) is 4.36. The number of nitrogens with zero attached hydrogens (tertiary/aromatic N) is 1. The highest BCUT2D eigenvalue weighted by atomic mass is 16.5. The molecule has 2 fully saturated rings. The molecule has 1 aliphatic heterocycles. The maximum absolute atomic E-state index is 6.04. The molecular formula is C17H33NO2.